The van der Waals surface area contributed by atoms with Crippen LogP contribution in [0, 0.1) is 11.7 Å². The Morgan fingerprint density at radius 2 is 1.83 bits per heavy atom. The Morgan fingerprint density at radius 3 is 2.61 bits per heavy atom. The Hall–Kier alpha value is -3.57. The SMILES string of the molecule is O=C(c1ccc(F)cc1)C1CCN(c2cnc3nc2NCCCNS(=O)(=O)c2cccc(c2)N3)CC1. The molecule has 0 aliphatic carbocycles. The van der Waals surface area contributed by atoms with Gasteiger partial charge >= 0.3 is 0 Å². The van der Waals surface area contributed by atoms with Crippen LogP contribution in [0.25, 0.3) is 0 Å². The lowest BCUT2D eigenvalue weighted by Gasteiger charge is -2.33. The molecule has 2 aliphatic heterocycles. The van der Waals surface area contributed by atoms with Gasteiger partial charge < -0.3 is 15.5 Å². The Labute approximate surface area is 209 Å². The van der Waals surface area contributed by atoms with Crippen LogP contribution in [0.15, 0.2) is 59.6 Å². The summed E-state index contributed by atoms with van der Waals surface area (Å²) in [4.78, 5) is 24.3. The zero-order valence-corrected chi connectivity index (χ0v) is 20.4. The topological polar surface area (TPSA) is 116 Å². The largest absolute Gasteiger partial charge is 0.368 e. The first kappa shape index (κ1) is 24.1. The van der Waals surface area contributed by atoms with E-state index in [2.05, 4.69) is 30.2 Å². The number of nitrogens with zero attached hydrogens (tertiary/aromatic N) is 3. The van der Waals surface area contributed by atoms with Crippen molar-refractivity contribution < 1.29 is 17.6 Å². The van der Waals surface area contributed by atoms with Gasteiger partial charge in [0.2, 0.25) is 16.0 Å². The van der Waals surface area contributed by atoms with E-state index in [-0.39, 0.29) is 29.0 Å². The molecular weight excluding hydrogens is 483 g/mol. The molecule has 2 aromatic carbocycles. The van der Waals surface area contributed by atoms with Crippen molar-refractivity contribution in [1.82, 2.24) is 14.7 Å². The Balaban J connectivity index is 1.33. The predicted octanol–water partition coefficient (Wildman–Crippen LogP) is 3.55. The Morgan fingerprint density at radius 1 is 1.06 bits per heavy atom. The number of sulfonamides is 1. The number of rotatable bonds is 3. The fraction of sp³-hybridized carbons (Fsp3) is 0.320. The van der Waals surface area contributed by atoms with E-state index in [0.717, 1.165) is 5.69 Å². The molecule has 0 radical (unpaired) electrons. The van der Waals surface area contributed by atoms with Gasteiger partial charge in [-0.3, -0.25) is 4.79 Å². The monoisotopic (exact) mass is 510 g/mol. The highest BCUT2D eigenvalue weighted by atomic mass is 32.2. The van der Waals surface area contributed by atoms with Crippen molar-refractivity contribution in [3.8, 4) is 0 Å². The van der Waals surface area contributed by atoms with Crippen LogP contribution >= 0.6 is 0 Å². The number of ketones is 1. The van der Waals surface area contributed by atoms with E-state index >= 15 is 0 Å². The number of halogens is 1. The molecule has 0 spiro atoms. The van der Waals surface area contributed by atoms with E-state index in [1.54, 1.807) is 42.6 Å². The lowest BCUT2D eigenvalue weighted by Crippen LogP contribution is -2.37. The van der Waals surface area contributed by atoms with Crippen LogP contribution in [0.2, 0.25) is 0 Å². The molecule has 36 heavy (non-hydrogen) atoms. The number of Topliss-reactive ketones (excluding diaryl/α,β-unsaturated/α-hetero) is 1. The highest BCUT2D eigenvalue weighted by Gasteiger charge is 2.27. The lowest BCUT2D eigenvalue weighted by atomic mass is 9.89. The molecule has 4 bridgehead atoms. The maximum Gasteiger partial charge on any atom is 0.240 e. The third-order valence-electron chi connectivity index (χ3n) is 6.44. The zero-order chi connectivity index (χ0) is 25.1. The van der Waals surface area contributed by atoms with E-state index in [9.17, 15) is 17.6 Å². The van der Waals surface area contributed by atoms with Crippen molar-refractivity contribution in [2.24, 2.45) is 5.92 Å². The zero-order valence-electron chi connectivity index (χ0n) is 19.6. The number of benzene rings is 2. The average Bonchev–Trinajstić information content (AvgIpc) is 2.89. The third kappa shape index (κ3) is 5.31. The molecule has 1 saturated heterocycles. The van der Waals surface area contributed by atoms with Gasteiger partial charge in [-0.15, -0.1) is 0 Å². The van der Waals surface area contributed by atoms with E-state index < -0.39 is 10.0 Å². The number of carbonyl (C=O) groups excluding carboxylic acids is 1. The van der Waals surface area contributed by atoms with Crippen molar-refractivity contribution in [2.75, 3.05) is 41.7 Å². The lowest BCUT2D eigenvalue weighted by molar-refractivity contribution is 0.0900. The first-order valence-corrected chi connectivity index (χ1v) is 13.4. The van der Waals surface area contributed by atoms with E-state index in [4.69, 9.17) is 0 Å². The molecule has 3 N–H and O–H groups in total. The summed E-state index contributed by atoms with van der Waals surface area (Å²) in [5.74, 6) is 0.565. The van der Waals surface area contributed by atoms with Crippen molar-refractivity contribution in [2.45, 2.75) is 24.2 Å². The quantitative estimate of drug-likeness (QED) is 0.458. The van der Waals surface area contributed by atoms with Crippen LogP contribution in [0.5, 0.6) is 0 Å². The van der Waals surface area contributed by atoms with Gasteiger partial charge in [-0.25, -0.2) is 22.5 Å². The molecule has 5 rings (SSSR count). The number of aromatic nitrogens is 2. The van der Waals surface area contributed by atoms with Crippen LogP contribution < -0.4 is 20.3 Å². The van der Waals surface area contributed by atoms with Gasteiger partial charge in [0.05, 0.1) is 16.8 Å². The standard InChI is InChI=1S/C25H27FN6O3S/c26-19-7-5-17(6-8-19)23(33)18-9-13-32(14-10-18)22-16-28-25-30-20-3-1-4-21(15-20)36(34,35)29-12-2-11-27-24(22)31-25/h1,3-8,15-16,18,29H,2,9-14H2,(H2,27,28,30,31). The highest BCUT2D eigenvalue weighted by molar-refractivity contribution is 7.89. The summed E-state index contributed by atoms with van der Waals surface area (Å²) in [6.45, 7) is 2.12. The molecule has 3 aromatic rings. The Bertz CT molecular complexity index is 1360. The molecule has 0 amide bonds. The van der Waals surface area contributed by atoms with Gasteiger partial charge in [0.1, 0.15) is 5.82 Å². The summed E-state index contributed by atoms with van der Waals surface area (Å²) in [6, 6.07) is 12.2. The van der Waals surface area contributed by atoms with Gasteiger partial charge in [0.15, 0.2) is 11.6 Å². The normalized spacial score (nSPS) is 18.1. The van der Waals surface area contributed by atoms with Crippen LogP contribution in [-0.2, 0) is 10.0 Å². The molecule has 11 heteroatoms. The predicted molar refractivity (Wildman–Crippen MR) is 136 cm³/mol. The maximum atomic E-state index is 13.2. The van der Waals surface area contributed by atoms with Crippen molar-refractivity contribution >= 4 is 38.9 Å². The molecule has 0 unspecified atom stereocenters. The summed E-state index contributed by atoms with van der Waals surface area (Å²) in [5.41, 5.74) is 1.93. The average molecular weight is 511 g/mol. The summed E-state index contributed by atoms with van der Waals surface area (Å²) < 4.78 is 41.0. The number of hydrogen-bond donors (Lipinski definition) is 3. The van der Waals surface area contributed by atoms with Crippen LogP contribution in [0.3, 0.4) is 0 Å². The molecule has 2 aliphatic rings. The van der Waals surface area contributed by atoms with Crippen LogP contribution in [0.4, 0.5) is 27.5 Å². The van der Waals surface area contributed by atoms with Gasteiger partial charge in [0.25, 0.3) is 0 Å². The fourth-order valence-electron chi connectivity index (χ4n) is 4.48. The van der Waals surface area contributed by atoms with E-state index in [1.165, 1.54) is 12.1 Å². The summed E-state index contributed by atoms with van der Waals surface area (Å²) in [6.07, 6.45) is 3.66. The second-order valence-corrected chi connectivity index (χ2v) is 10.7. The van der Waals surface area contributed by atoms with Crippen molar-refractivity contribution in [3.05, 3.63) is 66.1 Å². The molecule has 3 heterocycles. The summed E-state index contributed by atoms with van der Waals surface area (Å²) in [5, 5.41) is 6.41. The highest BCUT2D eigenvalue weighted by Crippen LogP contribution is 2.31. The molecule has 0 atom stereocenters. The molecule has 188 valence electrons. The van der Waals surface area contributed by atoms with E-state index in [0.29, 0.717) is 61.9 Å². The first-order chi connectivity index (χ1) is 17.4. The number of anilines is 4. The van der Waals surface area contributed by atoms with Crippen LogP contribution in [0.1, 0.15) is 29.6 Å². The minimum atomic E-state index is -3.61. The number of nitrogens with one attached hydrogen (secondary N) is 3. The fourth-order valence-corrected chi connectivity index (χ4v) is 5.60. The molecule has 1 aromatic heterocycles. The molecule has 9 nitrogen and oxygen atoms in total. The van der Waals surface area contributed by atoms with Crippen molar-refractivity contribution in [1.29, 1.82) is 0 Å². The second kappa shape index (κ2) is 10.2. The smallest absolute Gasteiger partial charge is 0.240 e. The number of carbonyl (C=O) groups is 1. The van der Waals surface area contributed by atoms with Gasteiger partial charge in [-0.1, -0.05) is 6.07 Å². The summed E-state index contributed by atoms with van der Waals surface area (Å²) in [7, 11) is -3.61. The minimum absolute atomic E-state index is 0.0407. The summed E-state index contributed by atoms with van der Waals surface area (Å²) >= 11 is 0. The molecule has 0 saturated carbocycles. The first-order valence-electron chi connectivity index (χ1n) is 11.9. The number of piperidine rings is 1. The third-order valence-corrected chi connectivity index (χ3v) is 7.90. The maximum absolute atomic E-state index is 13.2. The van der Waals surface area contributed by atoms with Crippen LogP contribution in [-0.4, -0.2) is 50.3 Å². The molecule has 1 fully saturated rings. The minimum Gasteiger partial charge on any atom is -0.368 e. The van der Waals surface area contributed by atoms with Crippen molar-refractivity contribution in [3.63, 3.8) is 0 Å². The van der Waals surface area contributed by atoms with Gasteiger partial charge in [-0.2, -0.15) is 4.98 Å². The number of fused-ring (bicyclic) bond motifs is 4. The van der Waals surface area contributed by atoms with Gasteiger partial charge in [0, 0.05) is 43.3 Å². The Kier molecular flexibility index (Phi) is 6.84. The van der Waals surface area contributed by atoms with E-state index in [1.807, 2.05) is 0 Å². The second-order valence-electron chi connectivity index (χ2n) is 8.89. The van der Waals surface area contributed by atoms with Gasteiger partial charge in [-0.05, 0) is 61.7 Å². The molecular formula is C25H27FN6O3S. The number of hydrogen-bond acceptors (Lipinski definition) is 8.